The van der Waals surface area contributed by atoms with E-state index in [0.29, 0.717) is 17.3 Å². The van der Waals surface area contributed by atoms with Crippen molar-refractivity contribution < 1.29 is 4.39 Å². The van der Waals surface area contributed by atoms with Crippen molar-refractivity contribution in [1.82, 2.24) is 9.78 Å². The normalized spacial score (nSPS) is 10.7. The van der Waals surface area contributed by atoms with Crippen LogP contribution < -0.4 is 5.32 Å². The highest BCUT2D eigenvalue weighted by molar-refractivity contribution is 6.30. The lowest BCUT2D eigenvalue weighted by Gasteiger charge is -2.08. The first-order valence-electron chi connectivity index (χ1n) is 5.67. The molecule has 1 N–H and O–H groups in total. The standard InChI is InChI=1S/C13H15ClFN3/c1-8-11(9(2)18(3)17-8)7-16-13-6-10(14)4-5-12(13)15/h4-6,16H,7H2,1-3H3. The van der Waals surface area contributed by atoms with E-state index >= 15 is 0 Å². The summed E-state index contributed by atoms with van der Waals surface area (Å²) in [5.41, 5.74) is 3.51. The monoisotopic (exact) mass is 267 g/mol. The molecule has 0 spiro atoms. The predicted molar refractivity (Wildman–Crippen MR) is 71.4 cm³/mol. The summed E-state index contributed by atoms with van der Waals surface area (Å²) in [6.45, 7) is 4.46. The molecular formula is C13H15ClFN3. The van der Waals surface area contributed by atoms with Crippen molar-refractivity contribution in [1.29, 1.82) is 0 Å². The molecule has 3 nitrogen and oxygen atoms in total. The third kappa shape index (κ3) is 2.48. The zero-order valence-electron chi connectivity index (χ0n) is 10.6. The molecule has 96 valence electrons. The maximum Gasteiger partial charge on any atom is 0.146 e. The van der Waals surface area contributed by atoms with Gasteiger partial charge >= 0.3 is 0 Å². The van der Waals surface area contributed by atoms with Gasteiger partial charge in [0.25, 0.3) is 0 Å². The number of aryl methyl sites for hydroxylation is 2. The van der Waals surface area contributed by atoms with Crippen molar-refractivity contribution in [3.05, 3.63) is 46.0 Å². The zero-order chi connectivity index (χ0) is 13.3. The molecule has 2 aromatic rings. The third-order valence-corrected chi connectivity index (χ3v) is 3.28. The van der Waals surface area contributed by atoms with Gasteiger partial charge in [-0.3, -0.25) is 4.68 Å². The summed E-state index contributed by atoms with van der Waals surface area (Å²) < 4.78 is 15.4. The Kier molecular flexibility index (Phi) is 3.57. The lowest BCUT2D eigenvalue weighted by molar-refractivity contribution is 0.630. The van der Waals surface area contributed by atoms with Gasteiger partial charge in [-0.15, -0.1) is 0 Å². The predicted octanol–water partition coefficient (Wildman–Crippen LogP) is 3.44. The van der Waals surface area contributed by atoms with Crippen LogP contribution in [-0.4, -0.2) is 9.78 Å². The van der Waals surface area contributed by atoms with E-state index < -0.39 is 0 Å². The van der Waals surface area contributed by atoms with Crippen molar-refractivity contribution >= 4 is 17.3 Å². The van der Waals surface area contributed by atoms with Crippen LogP contribution in [0.5, 0.6) is 0 Å². The fourth-order valence-corrected chi connectivity index (χ4v) is 2.06. The summed E-state index contributed by atoms with van der Waals surface area (Å²) in [6, 6.07) is 4.47. The Labute approximate surface area is 111 Å². The fraction of sp³-hybridized carbons (Fsp3) is 0.308. The van der Waals surface area contributed by atoms with E-state index in [9.17, 15) is 4.39 Å². The van der Waals surface area contributed by atoms with Gasteiger partial charge in [0.1, 0.15) is 5.82 Å². The number of hydrogen-bond acceptors (Lipinski definition) is 2. The van der Waals surface area contributed by atoms with Crippen molar-refractivity contribution in [3.8, 4) is 0 Å². The number of halogens is 2. The van der Waals surface area contributed by atoms with E-state index in [-0.39, 0.29) is 5.82 Å². The molecular weight excluding hydrogens is 253 g/mol. The molecule has 18 heavy (non-hydrogen) atoms. The van der Waals surface area contributed by atoms with Gasteiger partial charge < -0.3 is 5.32 Å². The highest BCUT2D eigenvalue weighted by Crippen LogP contribution is 2.21. The van der Waals surface area contributed by atoms with Crippen LogP contribution >= 0.6 is 11.6 Å². The Morgan fingerprint density at radius 1 is 1.39 bits per heavy atom. The van der Waals surface area contributed by atoms with E-state index in [4.69, 9.17) is 11.6 Å². The summed E-state index contributed by atoms with van der Waals surface area (Å²) in [5, 5.41) is 7.88. The molecule has 1 aromatic carbocycles. The molecule has 0 aliphatic heterocycles. The van der Waals surface area contributed by atoms with Gasteiger partial charge in [0, 0.05) is 29.9 Å². The number of nitrogens with zero attached hydrogens (tertiary/aromatic N) is 2. The molecule has 0 radical (unpaired) electrons. The molecule has 1 heterocycles. The highest BCUT2D eigenvalue weighted by Gasteiger charge is 2.10. The molecule has 0 atom stereocenters. The fourth-order valence-electron chi connectivity index (χ4n) is 1.89. The van der Waals surface area contributed by atoms with Gasteiger partial charge in [-0.1, -0.05) is 11.6 Å². The van der Waals surface area contributed by atoms with Crippen molar-refractivity contribution in [3.63, 3.8) is 0 Å². The van der Waals surface area contributed by atoms with Crippen molar-refractivity contribution in [2.24, 2.45) is 7.05 Å². The van der Waals surface area contributed by atoms with Crippen molar-refractivity contribution in [2.75, 3.05) is 5.32 Å². The summed E-state index contributed by atoms with van der Waals surface area (Å²) in [6.07, 6.45) is 0. The Balaban J connectivity index is 2.19. The van der Waals surface area contributed by atoms with Crippen LogP contribution in [0.2, 0.25) is 5.02 Å². The number of nitrogens with one attached hydrogen (secondary N) is 1. The largest absolute Gasteiger partial charge is 0.378 e. The molecule has 0 fully saturated rings. The molecule has 2 rings (SSSR count). The molecule has 0 aliphatic rings. The average molecular weight is 268 g/mol. The van der Waals surface area contributed by atoms with Gasteiger partial charge in [0.15, 0.2) is 0 Å². The summed E-state index contributed by atoms with van der Waals surface area (Å²) in [5.74, 6) is -0.307. The first-order valence-corrected chi connectivity index (χ1v) is 6.05. The number of rotatable bonds is 3. The minimum absolute atomic E-state index is 0.307. The second-order valence-electron chi connectivity index (χ2n) is 4.25. The lowest BCUT2D eigenvalue weighted by atomic mass is 10.2. The van der Waals surface area contributed by atoms with Crippen LogP contribution in [0.15, 0.2) is 18.2 Å². The smallest absolute Gasteiger partial charge is 0.146 e. The molecule has 0 aliphatic carbocycles. The van der Waals surface area contributed by atoms with Crippen molar-refractivity contribution in [2.45, 2.75) is 20.4 Å². The number of benzene rings is 1. The Bertz CT molecular complexity index is 578. The molecule has 0 bridgehead atoms. The van der Waals surface area contributed by atoms with Gasteiger partial charge in [-0.05, 0) is 32.0 Å². The minimum Gasteiger partial charge on any atom is -0.378 e. The Morgan fingerprint density at radius 3 is 2.72 bits per heavy atom. The summed E-state index contributed by atoms with van der Waals surface area (Å²) >= 11 is 5.84. The van der Waals surface area contributed by atoms with Gasteiger partial charge in [0.2, 0.25) is 0 Å². The minimum atomic E-state index is -0.307. The van der Waals surface area contributed by atoms with Crippen LogP contribution in [0.4, 0.5) is 10.1 Å². The molecule has 0 saturated heterocycles. The lowest BCUT2D eigenvalue weighted by Crippen LogP contribution is -2.03. The number of hydrogen-bond donors (Lipinski definition) is 1. The summed E-state index contributed by atoms with van der Waals surface area (Å²) in [7, 11) is 1.89. The second kappa shape index (κ2) is 4.98. The molecule has 0 amide bonds. The quantitative estimate of drug-likeness (QED) is 0.923. The van der Waals surface area contributed by atoms with E-state index in [0.717, 1.165) is 17.0 Å². The maximum absolute atomic E-state index is 13.5. The topological polar surface area (TPSA) is 29.9 Å². The molecule has 0 unspecified atom stereocenters. The van der Waals surface area contributed by atoms with Crippen LogP contribution in [-0.2, 0) is 13.6 Å². The highest BCUT2D eigenvalue weighted by atomic mass is 35.5. The first-order chi connectivity index (χ1) is 8.49. The van der Waals surface area contributed by atoms with Crippen LogP contribution in [0.3, 0.4) is 0 Å². The van der Waals surface area contributed by atoms with Crippen LogP contribution in [0, 0.1) is 19.7 Å². The zero-order valence-corrected chi connectivity index (χ0v) is 11.3. The molecule has 0 saturated carbocycles. The number of anilines is 1. The molecule has 1 aromatic heterocycles. The Hall–Kier alpha value is -1.55. The summed E-state index contributed by atoms with van der Waals surface area (Å²) in [4.78, 5) is 0. The maximum atomic E-state index is 13.5. The third-order valence-electron chi connectivity index (χ3n) is 3.04. The SMILES string of the molecule is Cc1nn(C)c(C)c1CNc1cc(Cl)ccc1F. The van der Waals surface area contributed by atoms with Gasteiger partial charge in [0.05, 0.1) is 11.4 Å². The van der Waals surface area contributed by atoms with Crippen LogP contribution in [0.25, 0.3) is 0 Å². The van der Waals surface area contributed by atoms with E-state index in [1.807, 2.05) is 25.6 Å². The Morgan fingerprint density at radius 2 is 2.11 bits per heavy atom. The van der Waals surface area contributed by atoms with E-state index in [1.165, 1.54) is 12.1 Å². The first kappa shape index (κ1) is 12.9. The molecule has 5 heteroatoms. The average Bonchev–Trinajstić information content (AvgIpc) is 2.55. The van der Waals surface area contributed by atoms with Crippen LogP contribution in [0.1, 0.15) is 17.0 Å². The van der Waals surface area contributed by atoms with E-state index in [2.05, 4.69) is 10.4 Å². The second-order valence-corrected chi connectivity index (χ2v) is 4.69. The van der Waals surface area contributed by atoms with E-state index in [1.54, 1.807) is 6.07 Å². The van der Waals surface area contributed by atoms with Gasteiger partial charge in [-0.25, -0.2) is 4.39 Å². The van der Waals surface area contributed by atoms with Gasteiger partial charge in [-0.2, -0.15) is 5.10 Å². The number of aromatic nitrogens is 2.